The van der Waals surface area contributed by atoms with Crippen molar-refractivity contribution in [3.63, 3.8) is 0 Å². The van der Waals surface area contributed by atoms with Crippen molar-refractivity contribution >= 4 is 29.1 Å². The van der Waals surface area contributed by atoms with Crippen LogP contribution in [0, 0.1) is 5.95 Å². The van der Waals surface area contributed by atoms with Gasteiger partial charge in [0.05, 0.1) is 25.1 Å². The van der Waals surface area contributed by atoms with E-state index in [9.17, 15) is 28.7 Å². The van der Waals surface area contributed by atoms with Gasteiger partial charge >= 0.3 is 5.97 Å². The van der Waals surface area contributed by atoms with Crippen molar-refractivity contribution in [1.29, 1.82) is 0 Å². The number of aromatic nitrogens is 3. The van der Waals surface area contributed by atoms with Crippen molar-refractivity contribution in [3.05, 3.63) is 97.9 Å². The second kappa shape index (κ2) is 10.5. The van der Waals surface area contributed by atoms with Crippen LogP contribution in [0.2, 0.25) is 0 Å². The summed E-state index contributed by atoms with van der Waals surface area (Å²) in [4.78, 5) is 59.4. The second-order valence-corrected chi connectivity index (χ2v) is 9.44. The minimum atomic E-state index is -1.32. The largest absolute Gasteiger partial charge is 0.506 e. The van der Waals surface area contributed by atoms with Crippen LogP contribution >= 0.6 is 11.3 Å². The molecule has 5 rings (SSSR count). The lowest BCUT2D eigenvalue weighted by molar-refractivity contribution is -0.135. The number of pyridine rings is 2. The van der Waals surface area contributed by atoms with Crippen LogP contribution < -0.4 is 10.9 Å². The molecule has 2 amide bonds. The summed E-state index contributed by atoms with van der Waals surface area (Å²) in [5, 5.41) is 23.6. The van der Waals surface area contributed by atoms with E-state index in [1.807, 2.05) is 0 Å². The van der Waals surface area contributed by atoms with Gasteiger partial charge in [0.1, 0.15) is 23.6 Å². The number of fused-ring (bicyclic) bond motifs is 1. The van der Waals surface area contributed by atoms with Gasteiger partial charge in [-0.25, -0.2) is 9.97 Å². The molecule has 11 nitrogen and oxygen atoms in total. The van der Waals surface area contributed by atoms with Crippen molar-refractivity contribution in [2.45, 2.75) is 19.6 Å². The van der Waals surface area contributed by atoms with E-state index in [0.29, 0.717) is 22.4 Å². The molecule has 0 atom stereocenters. The molecule has 3 aromatic heterocycles. The average Bonchev–Trinajstić information content (AvgIpc) is 3.61. The van der Waals surface area contributed by atoms with Gasteiger partial charge in [-0.1, -0.05) is 18.2 Å². The number of rotatable bonds is 7. The van der Waals surface area contributed by atoms with Gasteiger partial charge in [-0.2, -0.15) is 4.39 Å². The van der Waals surface area contributed by atoms with Gasteiger partial charge in [-0.15, -0.1) is 11.3 Å². The molecule has 0 fully saturated rings. The molecule has 13 heteroatoms. The Morgan fingerprint density at radius 3 is 2.62 bits per heavy atom. The number of aliphatic carboxylic acids is 1. The first kappa shape index (κ1) is 25.7. The molecule has 0 aliphatic carbocycles. The Morgan fingerprint density at radius 1 is 1.10 bits per heavy atom. The summed E-state index contributed by atoms with van der Waals surface area (Å²) in [6.45, 7) is -0.885. The molecule has 0 saturated heterocycles. The molecule has 1 aliphatic rings. The van der Waals surface area contributed by atoms with Crippen LogP contribution in [0.5, 0.6) is 5.75 Å². The molecule has 4 heterocycles. The molecule has 0 saturated carbocycles. The van der Waals surface area contributed by atoms with Crippen molar-refractivity contribution in [1.82, 2.24) is 24.8 Å². The number of nitrogens with zero attached hydrogens (tertiary/aromatic N) is 4. The maximum atomic E-state index is 13.6. The minimum Gasteiger partial charge on any atom is -0.506 e. The standard InChI is InChI=1S/C26H20FN5O6S/c27-20-5-4-16(7-28-20)15-3-1-2-14(6-15)9-32-19-11-31(25(37)18-12-39-13-30-18)10-17(19)23(35)22(26(32)38)24(36)29-8-21(33)34/h1-7,12-13,35H,8-11H2,(H,29,36)(H,33,34). The number of carboxylic acids is 1. The van der Waals surface area contributed by atoms with E-state index in [0.717, 1.165) is 0 Å². The molecule has 0 unspecified atom stereocenters. The average molecular weight is 550 g/mol. The normalized spacial score (nSPS) is 12.3. The number of aromatic hydroxyl groups is 1. The van der Waals surface area contributed by atoms with Crippen LogP contribution in [0.4, 0.5) is 4.39 Å². The van der Waals surface area contributed by atoms with Crippen molar-refractivity contribution in [2.24, 2.45) is 0 Å². The summed E-state index contributed by atoms with van der Waals surface area (Å²) in [6.07, 6.45) is 1.38. The van der Waals surface area contributed by atoms with E-state index in [1.54, 1.807) is 35.7 Å². The highest BCUT2D eigenvalue weighted by molar-refractivity contribution is 7.07. The molecule has 3 N–H and O–H groups in total. The Hall–Kier alpha value is -4.91. The van der Waals surface area contributed by atoms with Crippen LogP contribution in [0.25, 0.3) is 11.1 Å². The molecule has 1 aliphatic heterocycles. The zero-order chi connectivity index (χ0) is 27.7. The van der Waals surface area contributed by atoms with Crippen molar-refractivity contribution in [2.75, 3.05) is 6.54 Å². The molecule has 198 valence electrons. The first-order valence-electron chi connectivity index (χ1n) is 11.6. The van der Waals surface area contributed by atoms with Gasteiger partial charge in [0, 0.05) is 28.4 Å². The van der Waals surface area contributed by atoms with E-state index < -0.39 is 47.1 Å². The SMILES string of the molecule is O=C(O)CNC(=O)c1c(O)c2c(n(Cc3cccc(-c4ccc(F)nc4)c3)c1=O)CN(C(=O)c1cscn1)C2. The lowest BCUT2D eigenvalue weighted by Gasteiger charge is -2.16. The highest BCUT2D eigenvalue weighted by Gasteiger charge is 2.34. The highest BCUT2D eigenvalue weighted by Crippen LogP contribution is 2.33. The number of amides is 2. The fourth-order valence-electron chi connectivity index (χ4n) is 4.40. The number of thiazole rings is 1. The highest BCUT2D eigenvalue weighted by atomic mass is 32.1. The molecule has 4 aromatic rings. The Labute approximate surface area is 223 Å². The molecule has 0 bridgehead atoms. The van der Waals surface area contributed by atoms with E-state index in [-0.39, 0.29) is 30.9 Å². The van der Waals surface area contributed by atoms with Crippen LogP contribution in [0.15, 0.2) is 58.3 Å². The number of carboxylic acid groups (broad SMARTS) is 1. The third-order valence-corrected chi connectivity index (χ3v) is 6.83. The first-order chi connectivity index (χ1) is 18.7. The fourth-order valence-corrected chi connectivity index (χ4v) is 4.93. The lowest BCUT2D eigenvalue weighted by atomic mass is 10.0. The molecule has 39 heavy (non-hydrogen) atoms. The predicted octanol–water partition coefficient (Wildman–Crippen LogP) is 2.23. The molecular weight excluding hydrogens is 529 g/mol. The number of halogens is 1. The Bertz CT molecular complexity index is 1650. The fraction of sp³-hybridized carbons (Fsp3) is 0.154. The van der Waals surface area contributed by atoms with Crippen molar-refractivity contribution in [3.8, 4) is 16.9 Å². The number of hydrogen-bond donors (Lipinski definition) is 3. The number of carbonyl (C=O) groups is 3. The van der Waals surface area contributed by atoms with Gasteiger partial charge < -0.3 is 25.0 Å². The minimum absolute atomic E-state index is 0.0207. The third kappa shape index (κ3) is 5.11. The van der Waals surface area contributed by atoms with Crippen LogP contribution in [0.1, 0.15) is 37.7 Å². The zero-order valence-corrected chi connectivity index (χ0v) is 20.9. The van der Waals surface area contributed by atoms with E-state index in [2.05, 4.69) is 15.3 Å². The smallest absolute Gasteiger partial charge is 0.322 e. The maximum Gasteiger partial charge on any atom is 0.322 e. The Morgan fingerprint density at radius 2 is 1.92 bits per heavy atom. The number of carbonyl (C=O) groups excluding carboxylic acids is 2. The summed E-state index contributed by atoms with van der Waals surface area (Å²) in [5.74, 6) is -4.00. The Balaban J connectivity index is 1.57. The summed E-state index contributed by atoms with van der Waals surface area (Å²) < 4.78 is 14.6. The number of hydrogen-bond acceptors (Lipinski definition) is 8. The Kier molecular flexibility index (Phi) is 6.90. The van der Waals surface area contributed by atoms with Crippen LogP contribution in [-0.4, -0.2) is 54.0 Å². The van der Waals surface area contributed by atoms with Gasteiger partial charge in [0.2, 0.25) is 5.95 Å². The molecule has 1 aromatic carbocycles. The van der Waals surface area contributed by atoms with E-state index in [4.69, 9.17) is 5.11 Å². The number of nitrogens with one attached hydrogen (secondary N) is 1. The van der Waals surface area contributed by atoms with Gasteiger partial charge in [0.15, 0.2) is 0 Å². The zero-order valence-electron chi connectivity index (χ0n) is 20.1. The van der Waals surface area contributed by atoms with Gasteiger partial charge in [-0.05, 0) is 29.3 Å². The first-order valence-corrected chi connectivity index (χ1v) is 12.5. The quantitative estimate of drug-likeness (QED) is 0.297. The topological polar surface area (TPSA) is 155 Å². The maximum absolute atomic E-state index is 13.6. The predicted molar refractivity (Wildman–Crippen MR) is 137 cm³/mol. The van der Waals surface area contributed by atoms with E-state index in [1.165, 1.54) is 38.6 Å². The number of benzene rings is 1. The third-order valence-electron chi connectivity index (χ3n) is 6.24. The molecule has 0 spiro atoms. The van der Waals surface area contributed by atoms with Crippen LogP contribution in [0.3, 0.4) is 0 Å². The van der Waals surface area contributed by atoms with Gasteiger partial charge in [0.25, 0.3) is 17.4 Å². The van der Waals surface area contributed by atoms with Gasteiger partial charge in [-0.3, -0.25) is 19.2 Å². The molecule has 0 radical (unpaired) electrons. The van der Waals surface area contributed by atoms with E-state index >= 15 is 0 Å². The van der Waals surface area contributed by atoms with Crippen LogP contribution in [-0.2, 0) is 24.4 Å². The summed E-state index contributed by atoms with van der Waals surface area (Å²) >= 11 is 1.25. The molecular formula is C26H20FN5O6S. The van der Waals surface area contributed by atoms with Crippen molar-refractivity contribution < 1.29 is 29.0 Å². The second-order valence-electron chi connectivity index (χ2n) is 8.72. The monoisotopic (exact) mass is 549 g/mol. The lowest BCUT2D eigenvalue weighted by Crippen LogP contribution is -2.37. The summed E-state index contributed by atoms with van der Waals surface area (Å²) in [7, 11) is 0. The summed E-state index contributed by atoms with van der Waals surface area (Å²) in [6, 6.07) is 9.87. The summed E-state index contributed by atoms with van der Waals surface area (Å²) in [5.41, 5.74) is 2.82.